The van der Waals surface area contributed by atoms with Crippen molar-refractivity contribution < 1.29 is 0 Å². The van der Waals surface area contributed by atoms with Gasteiger partial charge in [-0.05, 0) is 80.4 Å². The maximum Gasteiger partial charge on any atom is 0.169 e. The fourth-order valence-corrected chi connectivity index (χ4v) is 9.93. The van der Waals surface area contributed by atoms with Crippen LogP contribution in [0.15, 0.2) is 241 Å². The molecular formula is C58H40N4. The lowest BCUT2D eigenvalue weighted by atomic mass is 9.67. The first-order valence-electron chi connectivity index (χ1n) is 21.3. The Morgan fingerprint density at radius 1 is 0.387 bits per heavy atom. The highest BCUT2D eigenvalue weighted by molar-refractivity contribution is 6.16. The van der Waals surface area contributed by atoms with Gasteiger partial charge in [0.1, 0.15) is 11.7 Å². The second kappa shape index (κ2) is 14.6. The van der Waals surface area contributed by atoms with Crippen molar-refractivity contribution in [2.45, 2.75) is 11.6 Å². The summed E-state index contributed by atoms with van der Waals surface area (Å²) in [6, 6.07) is 82.9. The fraction of sp³-hybridized carbons (Fsp3) is 0.0345. The highest BCUT2D eigenvalue weighted by atomic mass is 15.2. The Morgan fingerprint density at radius 3 is 1.50 bits per heavy atom. The van der Waals surface area contributed by atoms with Gasteiger partial charge in [0.25, 0.3) is 0 Å². The molecule has 4 heteroatoms. The van der Waals surface area contributed by atoms with Gasteiger partial charge in [0.2, 0.25) is 0 Å². The summed E-state index contributed by atoms with van der Waals surface area (Å²) in [7, 11) is 0. The summed E-state index contributed by atoms with van der Waals surface area (Å²) in [6.07, 6.45) is -0.438. The van der Waals surface area contributed by atoms with Crippen LogP contribution in [0.25, 0.3) is 49.7 Å². The highest BCUT2D eigenvalue weighted by Gasteiger charge is 2.46. The first kappa shape index (κ1) is 35.8. The molecule has 2 heterocycles. The van der Waals surface area contributed by atoms with Crippen molar-refractivity contribution in [3.8, 4) is 27.9 Å². The van der Waals surface area contributed by atoms with Gasteiger partial charge in [-0.1, -0.05) is 200 Å². The quantitative estimate of drug-likeness (QED) is 0.172. The van der Waals surface area contributed by atoms with Crippen molar-refractivity contribution >= 4 is 33.5 Å². The van der Waals surface area contributed by atoms with Crippen LogP contribution in [0, 0.1) is 0 Å². The minimum atomic E-state index is -0.507. The lowest BCUT2D eigenvalue weighted by molar-refractivity contribution is 0.754. The Morgan fingerprint density at radius 2 is 0.871 bits per heavy atom. The van der Waals surface area contributed by atoms with Crippen LogP contribution in [0.4, 0.5) is 0 Å². The average molecular weight is 793 g/mol. The van der Waals surface area contributed by atoms with Gasteiger partial charge in [0.15, 0.2) is 6.17 Å². The van der Waals surface area contributed by atoms with E-state index in [0.717, 1.165) is 45.2 Å². The van der Waals surface area contributed by atoms with Crippen molar-refractivity contribution in [2.75, 3.05) is 0 Å². The van der Waals surface area contributed by atoms with E-state index in [1.165, 1.54) is 55.2 Å². The zero-order valence-corrected chi connectivity index (χ0v) is 33.9. The number of aromatic nitrogens is 1. The molecule has 62 heavy (non-hydrogen) atoms. The van der Waals surface area contributed by atoms with Gasteiger partial charge in [0.05, 0.1) is 16.4 Å². The molecule has 0 radical (unpaired) electrons. The molecule has 1 unspecified atom stereocenters. The van der Waals surface area contributed by atoms with E-state index in [-0.39, 0.29) is 0 Å². The van der Waals surface area contributed by atoms with E-state index in [4.69, 9.17) is 9.98 Å². The summed E-state index contributed by atoms with van der Waals surface area (Å²) in [5.41, 5.74) is 15.9. The summed E-state index contributed by atoms with van der Waals surface area (Å²) in [6.45, 7) is 0. The van der Waals surface area contributed by atoms with Crippen LogP contribution in [-0.2, 0) is 5.41 Å². The van der Waals surface area contributed by atoms with Gasteiger partial charge in [-0.2, -0.15) is 0 Å². The van der Waals surface area contributed by atoms with Crippen molar-refractivity contribution in [2.24, 2.45) is 9.98 Å². The van der Waals surface area contributed by atoms with Crippen LogP contribution in [0.1, 0.15) is 45.1 Å². The second-order valence-corrected chi connectivity index (χ2v) is 16.1. The largest absolute Gasteiger partial charge is 0.324 e. The zero-order chi connectivity index (χ0) is 41.0. The SMILES string of the molecule is c1ccc(C2=NC(c3ccc(-c4ccc(-n5c6ccccc6c6ccccc65)cc4)cc3)N=C(c3ccc4c(c3)C(c3ccccc3)(c3ccccc3)c3ccccc3-4)N2)cc1. The number of nitrogens with one attached hydrogen (secondary N) is 1. The third-order valence-corrected chi connectivity index (χ3v) is 12.8. The van der Waals surface area contributed by atoms with Gasteiger partial charge in [-0.3, -0.25) is 0 Å². The van der Waals surface area contributed by atoms with E-state index < -0.39 is 11.6 Å². The molecule has 0 spiro atoms. The molecule has 1 aliphatic carbocycles. The van der Waals surface area contributed by atoms with Crippen LogP contribution in [0.5, 0.6) is 0 Å². The molecule has 1 aliphatic heterocycles. The Kier molecular flexibility index (Phi) is 8.42. The van der Waals surface area contributed by atoms with Crippen LogP contribution in [0.3, 0.4) is 0 Å². The Balaban J connectivity index is 0.930. The monoisotopic (exact) mass is 792 g/mol. The summed E-state index contributed by atoms with van der Waals surface area (Å²) < 4.78 is 2.36. The highest BCUT2D eigenvalue weighted by Crippen LogP contribution is 2.56. The van der Waals surface area contributed by atoms with E-state index in [2.05, 4.69) is 234 Å². The van der Waals surface area contributed by atoms with E-state index in [9.17, 15) is 0 Å². The Hall–Kier alpha value is -8.08. The van der Waals surface area contributed by atoms with E-state index in [1.807, 2.05) is 6.07 Å². The normalized spacial score (nSPS) is 15.1. The maximum atomic E-state index is 5.37. The average Bonchev–Trinajstić information content (AvgIpc) is 3.85. The lowest BCUT2D eigenvalue weighted by Crippen LogP contribution is -2.36. The molecule has 0 saturated carbocycles. The molecule has 292 valence electrons. The van der Waals surface area contributed by atoms with Crippen LogP contribution in [0.2, 0.25) is 0 Å². The van der Waals surface area contributed by atoms with E-state index in [0.29, 0.717) is 0 Å². The van der Waals surface area contributed by atoms with Crippen LogP contribution < -0.4 is 5.32 Å². The third-order valence-electron chi connectivity index (χ3n) is 12.8. The number of para-hydroxylation sites is 2. The predicted molar refractivity (Wildman–Crippen MR) is 255 cm³/mol. The minimum absolute atomic E-state index is 0.438. The molecule has 2 aliphatic rings. The minimum Gasteiger partial charge on any atom is -0.324 e. The molecule has 1 N–H and O–H groups in total. The number of hydrogen-bond donors (Lipinski definition) is 1. The molecule has 0 amide bonds. The summed E-state index contributed by atoms with van der Waals surface area (Å²) in [4.78, 5) is 10.6. The summed E-state index contributed by atoms with van der Waals surface area (Å²) >= 11 is 0. The van der Waals surface area contributed by atoms with Gasteiger partial charge >= 0.3 is 0 Å². The van der Waals surface area contributed by atoms with Crippen LogP contribution in [-0.4, -0.2) is 16.2 Å². The summed E-state index contributed by atoms with van der Waals surface area (Å²) in [5.74, 6) is 1.59. The fourth-order valence-electron chi connectivity index (χ4n) is 9.93. The first-order chi connectivity index (χ1) is 30.7. The van der Waals surface area contributed by atoms with Crippen LogP contribution >= 0.6 is 0 Å². The van der Waals surface area contributed by atoms with E-state index >= 15 is 0 Å². The molecule has 0 fully saturated rings. The molecule has 12 rings (SSSR count). The molecule has 1 atom stereocenters. The predicted octanol–water partition coefficient (Wildman–Crippen LogP) is 13.3. The van der Waals surface area contributed by atoms with E-state index in [1.54, 1.807) is 0 Å². The molecular weight excluding hydrogens is 753 g/mol. The number of aliphatic imine (C=N–C) groups is 2. The van der Waals surface area contributed by atoms with Crippen molar-refractivity contribution in [1.29, 1.82) is 0 Å². The maximum absolute atomic E-state index is 5.37. The molecule has 10 aromatic rings. The topological polar surface area (TPSA) is 41.7 Å². The van der Waals surface area contributed by atoms with Crippen molar-refractivity contribution in [3.63, 3.8) is 0 Å². The first-order valence-corrected chi connectivity index (χ1v) is 21.3. The lowest BCUT2D eigenvalue weighted by Gasteiger charge is -2.34. The van der Waals surface area contributed by atoms with Gasteiger partial charge < -0.3 is 9.88 Å². The molecule has 0 saturated heterocycles. The Bertz CT molecular complexity index is 3250. The number of fused-ring (bicyclic) bond motifs is 6. The third kappa shape index (κ3) is 5.68. The number of amidine groups is 2. The molecule has 9 aromatic carbocycles. The number of nitrogens with zero attached hydrogens (tertiary/aromatic N) is 3. The van der Waals surface area contributed by atoms with Crippen molar-refractivity contribution in [1.82, 2.24) is 9.88 Å². The number of benzene rings is 9. The smallest absolute Gasteiger partial charge is 0.169 e. The van der Waals surface area contributed by atoms with Gasteiger partial charge in [-0.15, -0.1) is 0 Å². The van der Waals surface area contributed by atoms with Gasteiger partial charge in [-0.25, -0.2) is 9.98 Å². The Labute approximate surface area is 360 Å². The number of rotatable bonds is 7. The van der Waals surface area contributed by atoms with Crippen molar-refractivity contribution in [3.05, 3.63) is 269 Å². The molecule has 0 bridgehead atoms. The standard InChI is InChI=1S/C58H40N4/c1-4-16-41(17-5-1)55-59-56(42-30-28-39(29-31-42)40-32-35-46(36-33-40)62-53-26-14-11-23-49(53)50-24-12-15-27-54(50)62)61-57(60-55)43-34-37-48-47-22-10-13-25-51(47)58(52(48)38-43,44-18-6-2-7-19-44)45-20-8-3-9-21-45/h1-38,56H,(H,59,60,61). The second-order valence-electron chi connectivity index (χ2n) is 16.1. The number of hydrogen-bond acceptors (Lipinski definition) is 3. The molecule has 1 aromatic heterocycles. The van der Waals surface area contributed by atoms with Gasteiger partial charge in [0, 0.05) is 27.6 Å². The zero-order valence-electron chi connectivity index (χ0n) is 33.9. The molecule has 4 nitrogen and oxygen atoms in total. The summed E-state index contributed by atoms with van der Waals surface area (Å²) in [5, 5.41) is 6.20.